The van der Waals surface area contributed by atoms with E-state index in [2.05, 4.69) is 24.7 Å². The Morgan fingerprint density at radius 2 is 1.20 bits per heavy atom. The van der Waals surface area contributed by atoms with Crippen molar-refractivity contribution in [2.75, 3.05) is 14.1 Å². The van der Waals surface area contributed by atoms with Crippen LogP contribution in [0.15, 0.2) is 0 Å². The summed E-state index contributed by atoms with van der Waals surface area (Å²) in [7, 11) is 4.12. The average molecular weight is 144 g/mol. The summed E-state index contributed by atoms with van der Waals surface area (Å²) in [5.41, 5.74) is 0. The highest BCUT2D eigenvalue weighted by molar-refractivity contribution is 4.78. The molecule has 0 aromatic rings. The van der Waals surface area contributed by atoms with Crippen molar-refractivity contribution in [1.29, 1.82) is 0 Å². The summed E-state index contributed by atoms with van der Waals surface area (Å²) < 4.78 is 0. The minimum absolute atomic E-state index is 0. The fourth-order valence-electron chi connectivity index (χ4n) is 1.67. The van der Waals surface area contributed by atoms with Gasteiger partial charge in [0, 0.05) is 13.5 Å². The molecule has 1 rings (SSSR count). The van der Waals surface area contributed by atoms with Crippen LogP contribution in [0.5, 0.6) is 0 Å². The van der Waals surface area contributed by atoms with Crippen LogP contribution >= 0.6 is 0 Å². The van der Waals surface area contributed by atoms with Crippen molar-refractivity contribution in [3.8, 4) is 0 Å². The zero-order valence-electron chi connectivity index (χ0n) is 6.98. The summed E-state index contributed by atoms with van der Waals surface area (Å²) in [6.07, 6.45) is 5.34. The minimum atomic E-state index is 0. The smallest absolute Gasteiger partial charge is 0.00652 e. The molecule has 0 atom stereocenters. The summed E-state index contributed by atoms with van der Waals surface area (Å²) in [6, 6.07) is 1.56. The van der Waals surface area contributed by atoms with E-state index in [0.29, 0.717) is 0 Å². The maximum absolute atomic E-state index is 3.32. The minimum Gasteiger partial charge on any atom is -0.317 e. The molecule has 0 radical (unpaired) electrons. The zero-order valence-corrected chi connectivity index (χ0v) is 6.98. The van der Waals surface area contributed by atoms with Crippen LogP contribution in [0.25, 0.3) is 0 Å². The second-order valence-corrected chi connectivity index (χ2v) is 3.13. The van der Waals surface area contributed by atoms with Gasteiger partial charge >= 0.3 is 0 Å². The second-order valence-electron chi connectivity index (χ2n) is 3.13. The van der Waals surface area contributed by atoms with E-state index < -0.39 is 0 Å². The average Bonchev–Trinajstić information content (AvgIpc) is 2.05. The van der Waals surface area contributed by atoms with Gasteiger partial charge in [0.2, 0.25) is 0 Å². The molecule has 62 valence electrons. The predicted octanol–water partition coefficient (Wildman–Crippen LogP) is 0.982. The molecule has 10 heavy (non-hydrogen) atoms. The molecular weight excluding hydrogens is 124 g/mol. The molecule has 1 aliphatic rings. The summed E-state index contributed by atoms with van der Waals surface area (Å²) in [5, 5.41) is 6.64. The molecule has 0 amide bonds. The first-order valence-electron chi connectivity index (χ1n) is 4.21. The molecule has 2 N–H and O–H groups in total. The Bertz CT molecular complexity index is 78.1. The molecule has 0 aliphatic heterocycles. The van der Waals surface area contributed by atoms with Crippen LogP contribution in [-0.2, 0) is 0 Å². The molecule has 0 spiro atoms. The summed E-state index contributed by atoms with van der Waals surface area (Å²) in [5.74, 6) is 0. The first kappa shape index (κ1) is 8.02. The molecule has 1 aliphatic carbocycles. The standard InChI is InChI=1S/C8H18N2.H2/c1-9-7-3-5-8(10-2)6-4-7;/h7-10H,3-6H2,1-2H3;1H. The van der Waals surface area contributed by atoms with E-state index in [1.807, 2.05) is 0 Å². The van der Waals surface area contributed by atoms with Gasteiger partial charge in [-0.3, -0.25) is 0 Å². The van der Waals surface area contributed by atoms with Gasteiger partial charge in [0.1, 0.15) is 0 Å². The van der Waals surface area contributed by atoms with Gasteiger partial charge in [-0.2, -0.15) is 0 Å². The topological polar surface area (TPSA) is 24.1 Å². The van der Waals surface area contributed by atoms with Crippen LogP contribution in [-0.4, -0.2) is 26.2 Å². The highest BCUT2D eigenvalue weighted by Crippen LogP contribution is 2.17. The van der Waals surface area contributed by atoms with Crippen LogP contribution in [0.2, 0.25) is 0 Å². The quantitative estimate of drug-likeness (QED) is 0.604. The molecule has 1 saturated carbocycles. The zero-order chi connectivity index (χ0) is 7.40. The third-order valence-electron chi connectivity index (χ3n) is 2.54. The van der Waals surface area contributed by atoms with Gasteiger partial charge in [0.05, 0.1) is 0 Å². The van der Waals surface area contributed by atoms with Gasteiger partial charge in [0.15, 0.2) is 0 Å². The number of nitrogens with one attached hydrogen (secondary N) is 2. The van der Waals surface area contributed by atoms with Crippen LogP contribution in [0.4, 0.5) is 0 Å². The summed E-state index contributed by atoms with van der Waals surface area (Å²) in [6.45, 7) is 0. The van der Waals surface area contributed by atoms with E-state index in [1.165, 1.54) is 25.7 Å². The molecule has 1 fully saturated rings. The largest absolute Gasteiger partial charge is 0.317 e. The first-order chi connectivity index (χ1) is 4.86. The molecule has 0 aromatic heterocycles. The van der Waals surface area contributed by atoms with E-state index in [4.69, 9.17) is 0 Å². The second kappa shape index (κ2) is 3.94. The lowest BCUT2D eigenvalue weighted by atomic mass is 9.91. The van der Waals surface area contributed by atoms with Crippen molar-refractivity contribution >= 4 is 0 Å². The van der Waals surface area contributed by atoms with Gasteiger partial charge in [0.25, 0.3) is 0 Å². The van der Waals surface area contributed by atoms with Crippen molar-refractivity contribution < 1.29 is 1.43 Å². The van der Waals surface area contributed by atoms with Gasteiger partial charge in [-0.05, 0) is 39.8 Å². The Kier molecular flexibility index (Phi) is 3.16. The van der Waals surface area contributed by atoms with Gasteiger partial charge < -0.3 is 10.6 Å². The Morgan fingerprint density at radius 1 is 0.900 bits per heavy atom. The van der Waals surface area contributed by atoms with Crippen LogP contribution in [0.1, 0.15) is 27.1 Å². The van der Waals surface area contributed by atoms with Gasteiger partial charge in [-0.25, -0.2) is 0 Å². The molecule has 0 bridgehead atoms. The maximum Gasteiger partial charge on any atom is 0.00652 e. The Balaban J connectivity index is 0.000001000. The van der Waals surface area contributed by atoms with Crippen LogP contribution in [0, 0.1) is 0 Å². The number of hydrogen-bond acceptors (Lipinski definition) is 2. The molecular formula is C8H20N2. The maximum atomic E-state index is 3.32. The van der Waals surface area contributed by atoms with Crippen molar-refractivity contribution in [1.82, 2.24) is 10.6 Å². The van der Waals surface area contributed by atoms with Gasteiger partial charge in [-0.1, -0.05) is 0 Å². The normalized spacial score (nSPS) is 34.2. The predicted molar refractivity (Wildman–Crippen MR) is 46.3 cm³/mol. The first-order valence-corrected chi connectivity index (χ1v) is 4.21. The van der Waals surface area contributed by atoms with E-state index in [0.717, 1.165) is 12.1 Å². The fourth-order valence-corrected chi connectivity index (χ4v) is 1.67. The van der Waals surface area contributed by atoms with E-state index in [9.17, 15) is 0 Å². The van der Waals surface area contributed by atoms with Crippen molar-refractivity contribution in [3.63, 3.8) is 0 Å². The lowest BCUT2D eigenvalue weighted by molar-refractivity contribution is 0.330. The van der Waals surface area contributed by atoms with Crippen molar-refractivity contribution in [3.05, 3.63) is 0 Å². The summed E-state index contributed by atoms with van der Waals surface area (Å²) >= 11 is 0. The van der Waals surface area contributed by atoms with Crippen LogP contribution < -0.4 is 10.6 Å². The highest BCUT2D eigenvalue weighted by Gasteiger charge is 2.17. The number of rotatable bonds is 2. The molecule has 0 saturated heterocycles. The van der Waals surface area contributed by atoms with Crippen molar-refractivity contribution in [2.45, 2.75) is 37.8 Å². The molecule has 2 heteroatoms. The number of hydrogen-bond donors (Lipinski definition) is 2. The summed E-state index contributed by atoms with van der Waals surface area (Å²) in [4.78, 5) is 0. The third-order valence-corrected chi connectivity index (χ3v) is 2.54. The molecule has 0 heterocycles. The Hall–Kier alpha value is -0.0800. The Labute approximate surface area is 64.9 Å². The highest BCUT2D eigenvalue weighted by atomic mass is 14.9. The van der Waals surface area contributed by atoms with E-state index in [1.54, 1.807) is 0 Å². The lowest BCUT2D eigenvalue weighted by Gasteiger charge is -2.27. The monoisotopic (exact) mass is 144 g/mol. The molecule has 0 unspecified atom stereocenters. The van der Waals surface area contributed by atoms with E-state index in [-0.39, 0.29) is 1.43 Å². The fraction of sp³-hybridized carbons (Fsp3) is 1.00. The lowest BCUT2D eigenvalue weighted by Crippen LogP contribution is -2.37. The Morgan fingerprint density at radius 3 is 1.40 bits per heavy atom. The molecule has 2 nitrogen and oxygen atoms in total. The third kappa shape index (κ3) is 1.96. The SMILES string of the molecule is CNC1CCC(NC)CC1.[HH]. The van der Waals surface area contributed by atoms with Crippen LogP contribution in [0.3, 0.4) is 0 Å². The van der Waals surface area contributed by atoms with Gasteiger partial charge in [-0.15, -0.1) is 0 Å². The molecule has 0 aromatic carbocycles. The van der Waals surface area contributed by atoms with Crippen molar-refractivity contribution in [2.24, 2.45) is 0 Å². The van der Waals surface area contributed by atoms with E-state index >= 15 is 0 Å².